The number of thioether (sulfide) groups is 1. The van der Waals surface area contributed by atoms with Gasteiger partial charge in [-0.05, 0) is 52.0 Å². The average Bonchev–Trinajstić information content (AvgIpc) is 3.41. The molecule has 0 unspecified atom stereocenters. The van der Waals surface area contributed by atoms with E-state index in [1.807, 2.05) is 14.1 Å². The Bertz CT molecular complexity index is 1140. The van der Waals surface area contributed by atoms with Crippen molar-refractivity contribution >= 4 is 49.7 Å². The molecule has 2 aromatic rings. The van der Waals surface area contributed by atoms with Crippen molar-refractivity contribution in [2.75, 3.05) is 44.9 Å². The van der Waals surface area contributed by atoms with Crippen LogP contribution in [-0.4, -0.2) is 80.9 Å². The number of anilines is 1. The third kappa shape index (κ3) is 7.26. The number of hydrogen-bond acceptors (Lipinski definition) is 10. The minimum atomic E-state index is -3.32. The lowest BCUT2D eigenvalue weighted by atomic mass is 10.1. The number of aromatic nitrogens is 1. The van der Waals surface area contributed by atoms with Gasteiger partial charge in [-0.2, -0.15) is 0 Å². The number of nitrogens with one attached hydrogen (secondary N) is 1. The molecule has 1 amide bonds. The van der Waals surface area contributed by atoms with Gasteiger partial charge in [0.2, 0.25) is 0 Å². The van der Waals surface area contributed by atoms with Crippen LogP contribution in [0, 0.1) is 0 Å². The van der Waals surface area contributed by atoms with Crippen LogP contribution in [-0.2, 0) is 24.2 Å². The van der Waals surface area contributed by atoms with Crippen LogP contribution in [0.25, 0.3) is 0 Å². The number of oxime groups is 1. The second-order valence-electron chi connectivity index (χ2n) is 8.74. The molecule has 0 radical (unpaired) electrons. The third-order valence-corrected chi connectivity index (χ3v) is 9.99. The summed E-state index contributed by atoms with van der Waals surface area (Å²) in [4.78, 5) is 25.4. The highest BCUT2D eigenvalue weighted by atomic mass is 32.2. The van der Waals surface area contributed by atoms with Crippen LogP contribution in [0.4, 0.5) is 5.13 Å². The maximum absolute atomic E-state index is 13.1. The van der Waals surface area contributed by atoms with Gasteiger partial charge >= 0.3 is 0 Å². The van der Waals surface area contributed by atoms with Crippen LogP contribution in [0.1, 0.15) is 31.2 Å². The number of nitrogens with zero attached hydrogens (tertiary/aromatic N) is 3. The predicted molar refractivity (Wildman–Crippen MR) is 138 cm³/mol. The molecule has 4 rings (SSSR count). The van der Waals surface area contributed by atoms with Gasteiger partial charge in [0.1, 0.15) is 0 Å². The first kappa shape index (κ1) is 26.1. The van der Waals surface area contributed by atoms with E-state index in [1.54, 1.807) is 30.1 Å². The minimum Gasteiger partial charge on any atom is -0.389 e. The number of carbonyl (C=O) groups is 1. The molecule has 9 nitrogen and oxygen atoms in total. The van der Waals surface area contributed by atoms with Gasteiger partial charge in [0.05, 0.1) is 33.8 Å². The van der Waals surface area contributed by atoms with Crippen molar-refractivity contribution < 1.29 is 22.8 Å². The quantitative estimate of drug-likeness (QED) is 0.190. The molecule has 1 saturated carbocycles. The summed E-state index contributed by atoms with van der Waals surface area (Å²) < 4.78 is 31.4. The van der Waals surface area contributed by atoms with E-state index in [4.69, 9.17) is 9.57 Å². The number of sulfone groups is 1. The van der Waals surface area contributed by atoms with E-state index >= 15 is 0 Å². The van der Waals surface area contributed by atoms with E-state index < -0.39 is 15.7 Å². The van der Waals surface area contributed by atoms with Crippen LogP contribution in [0.2, 0.25) is 0 Å². The zero-order chi connectivity index (χ0) is 24.8. The molecule has 35 heavy (non-hydrogen) atoms. The summed E-state index contributed by atoms with van der Waals surface area (Å²) in [5.74, 6) is 0.494. The Hall–Kier alpha value is -1.99. The number of rotatable bonds is 12. The van der Waals surface area contributed by atoms with E-state index in [0.29, 0.717) is 43.2 Å². The SMILES string of the molecule is CN(C)CCCSc1cnc(NC(=O)/C(=N/O[C@@H]2CCOC2)c2ccc(S(=O)(=O)C3CC3)cc2)s1. The molecule has 1 saturated heterocycles. The van der Waals surface area contributed by atoms with Gasteiger partial charge in [-0.15, -0.1) is 11.8 Å². The Balaban J connectivity index is 1.45. The molecule has 1 N–H and O–H groups in total. The van der Waals surface area contributed by atoms with Crippen molar-refractivity contribution in [2.24, 2.45) is 5.16 Å². The zero-order valence-electron chi connectivity index (χ0n) is 19.8. The van der Waals surface area contributed by atoms with E-state index in [0.717, 1.165) is 22.9 Å². The highest BCUT2D eigenvalue weighted by Crippen LogP contribution is 2.33. The third-order valence-electron chi connectivity index (χ3n) is 5.51. The molecule has 2 aliphatic rings. The molecule has 2 fully saturated rings. The number of ether oxygens (including phenoxy) is 1. The number of amides is 1. The zero-order valence-corrected chi connectivity index (χ0v) is 22.3. The van der Waals surface area contributed by atoms with Crippen molar-refractivity contribution in [1.29, 1.82) is 0 Å². The second kappa shape index (κ2) is 11.8. The minimum absolute atomic E-state index is 0.0580. The summed E-state index contributed by atoms with van der Waals surface area (Å²) in [7, 11) is 0.782. The lowest BCUT2D eigenvalue weighted by Crippen LogP contribution is -2.25. The van der Waals surface area contributed by atoms with Crippen LogP contribution in [0.5, 0.6) is 0 Å². The van der Waals surface area contributed by atoms with Crippen LogP contribution >= 0.6 is 23.1 Å². The normalized spacial score (nSPS) is 18.7. The summed E-state index contributed by atoms with van der Waals surface area (Å²) in [5, 5.41) is 7.11. The molecule has 1 aromatic heterocycles. The second-order valence-corrected chi connectivity index (χ2v) is 13.4. The smallest absolute Gasteiger partial charge is 0.280 e. The summed E-state index contributed by atoms with van der Waals surface area (Å²) in [6.07, 6.45) is 4.67. The van der Waals surface area contributed by atoms with Gasteiger partial charge in [0.25, 0.3) is 5.91 Å². The van der Waals surface area contributed by atoms with Gasteiger partial charge in [-0.25, -0.2) is 13.4 Å². The molecule has 1 atom stereocenters. The molecule has 2 heterocycles. The summed E-state index contributed by atoms with van der Waals surface area (Å²) in [6.45, 7) is 2.02. The molecule has 190 valence electrons. The molecular weight excluding hydrogens is 508 g/mol. The van der Waals surface area contributed by atoms with Crippen molar-refractivity contribution in [3.8, 4) is 0 Å². The standard InChI is InChI=1S/C23H30N4O5S3/c1-27(2)11-3-13-33-20-14-24-23(34-20)25-22(28)21(26-32-17-10-12-31-15-17)16-4-6-18(7-5-16)35(29,30)19-8-9-19/h4-7,14,17,19H,3,8-13,15H2,1-2H3,(H,24,25,28)/b26-21+/t17-/m1/s1. The number of carbonyl (C=O) groups excluding carboxylic acids is 1. The maximum Gasteiger partial charge on any atom is 0.280 e. The molecule has 0 spiro atoms. The Morgan fingerprint density at radius 3 is 2.71 bits per heavy atom. The molecule has 0 bridgehead atoms. The predicted octanol–water partition coefficient (Wildman–Crippen LogP) is 3.27. The number of thiazole rings is 1. The lowest BCUT2D eigenvalue weighted by Gasteiger charge is -2.10. The summed E-state index contributed by atoms with van der Waals surface area (Å²) in [6, 6.07) is 6.23. The molecular formula is C23H30N4O5S3. The lowest BCUT2D eigenvalue weighted by molar-refractivity contribution is -0.110. The van der Waals surface area contributed by atoms with Crippen molar-refractivity contribution in [2.45, 2.75) is 46.1 Å². The van der Waals surface area contributed by atoms with Crippen molar-refractivity contribution in [3.63, 3.8) is 0 Å². The first-order chi connectivity index (χ1) is 16.8. The van der Waals surface area contributed by atoms with Crippen molar-refractivity contribution in [3.05, 3.63) is 36.0 Å². The average molecular weight is 539 g/mol. The summed E-state index contributed by atoms with van der Waals surface area (Å²) >= 11 is 3.11. The fourth-order valence-electron chi connectivity index (χ4n) is 3.42. The van der Waals surface area contributed by atoms with Crippen LogP contribution in [0.15, 0.2) is 44.7 Å². The van der Waals surface area contributed by atoms with E-state index in [-0.39, 0.29) is 22.0 Å². The number of hydrogen-bond donors (Lipinski definition) is 1. The van der Waals surface area contributed by atoms with Gasteiger partial charge < -0.3 is 14.5 Å². The van der Waals surface area contributed by atoms with Crippen LogP contribution in [0.3, 0.4) is 0 Å². The number of benzene rings is 1. The van der Waals surface area contributed by atoms with E-state index in [9.17, 15) is 13.2 Å². The van der Waals surface area contributed by atoms with Gasteiger partial charge in [-0.3, -0.25) is 10.1 Å². The Morgan fingerprint density at radius 1 is 1.29 bits per heavy atom. The van der Waals surface area contributed by atoms with Gasteiger partial charge in [0, 0.05) is 17.7 Å². The van der Waals surface area contributed by atoms with Crippen molar-refractivity contribution in [1.82, 2.24) is 9.88 Å². The van der Waals surface area contributed by atoms with Crippen LogP contribution < -0.4 is 5.32 Å². The molecule has 1 aliphatic heterocycles. The first-order valence-electron chi connectivity index (χ1n) is 11.5. The fraction of sp³-hybridized carbons (Fsp3) is 0.522. The largest absolute Gasteiger partial charge is 0.389 e. The molecule has 1 aromatic carbocycles. The maximum atomic E-state index is 13.1. The monoisotopic (exact) mass is 538 g/mol. The highest BCUT2D eigenvalue weighted by Gasteiger charge is 2.36. The van der Waals surface area contributed by atoms with E-state index in [2.05, 4.69) is 20.4 Å². The molecule has 12 heteroatoms. The Kier molecular flexibility index (Phi) is 8.82. The fourth-order valence-corrected chi connectivity index (χ4v) is 6.94. The summed E-state index contributed by atoms with van der Waals surface area (Å²) in [5.41, 5.74) is 0.522. The molecule has 1 aliphatic carbocycles. The van der Waals surface area contributed by atoms with E-state index in [1.165, 1.54) is 23.5 Å². The van der Waals surface area contributed by atoms with Gasteiger partial charge in [-0.1, -0.05) is 28.6 Å². The topological polar surface area (TPSA) is 110 Å². The Labute approximate surface area is 214 Å². The first-order valence-corrected chi connectivity index (χ1v) is 14.9. The Morgan fingerprint density at radius 2 is 2.06 bits per heavy atom. The highest BCUT2D eigenvalue weighted by molar-refractivity contribution is 8.01. The van der Waals surface area contributed by atoms with Gasteiger partial charge in [0.15, 0.2) is 26.8 Å².